The molecule has 2 heterocycles. The van der Waals surface area contributed by atoms with E-state index in [2.05, 4.69) is 20.5 Å². The predicted octanol–water partition coefficient (Wildman–Crippen LogP) is 4.92. The van der Waals surface area contributed by atoms with Gasteiger partial charge in [-0.05, 0) is 80.4 Å². The average Bonchev–Trinajstić information content (AvgIpc) is 3.60. The number of rotatable bonds is 11. The number of esters is 1. The summed E-state index contributed by atoms with van der Waals surface area (Å²) in [5.74, 6) is -3.74. The number of thiazole rings is 1. The fourth-order valence-electron chi connectivity index (χ4n) is 4.87. The standard InChI is InChI=1S/C34H34ClN5O5S.C2HF3O2/c1-21(2)45-32(43)25-8-12-27(13-9-25)37-33(44)38-30(16-23-6-14-29(41)15-7-23)31(42)36-17-28-20-39-18-22(3)46-34(39)40(28)19-24-4-10-26(35)11-5-24;3-2(4,5)1(6)7/h4-15,18,20-21,30H,16-17,19H2,1-3H3,(H3-,36,37,38,41,42,43,44);(H,6,7)/t30-;/m0./s1. The summed E-state index contributed by atoms with van der Waals surface area (Å²) >= 11 is 7.75. The number of imidazole rings is 1. The van der Waals surface area contributed by atoms with Crippen LogP contribution in [0.1, 0.15) is 45.9 Å². The number of aromatic nitrogens is 2. The van der Waals surface area contributed by atoms with Crippen LogP contribution in [0.15, 0.2) is 85.2 Å². The molecule has 3 aromatic carbocycles. The Kier molecular flexibility index (Phi) is 13.4. The highest BCUT2D eigenvalue weighted by atomic mass is 35.5. The maximum Gasteiger partial charge on any atom is 0.430 e. The molecule has 5 rings (SSSR count). The summed E-state index contributed by atoms with van der Waals surface area (Å²) in [5, 5.41) is 27.7. The van der Waals surface area contributed by atoms with Crippen molar-refractivity contribution < 1.29 is 51.7 Å². The van der Waals surface area contributed by atoms with Crippen molar-refractivity contribution in [3.05, 3.63) is 117 Å². The number of nitrogens with zero attached hydrogens (tertiary/aromatic N) is 2. The first kappa shape index (κ1) is 40.2. The Morgan fingerprint density at radius 3 is 2.15 bits per heavy atom. The third-order valence-electron chi connectivity index (χ3n) is 7.31. The van der Waals surface area contributed by atoms with Crippen molar-refractivity contribution in [2.45, 2.75) is 58.6 Å². The lowest BCUT2D eigenvalue weighted by molar-refractivity contribution is -0.506. The van der Waals surface area contributed by atoms with Crippen molar-refractivity contribution in [3.8, 4) is 5.75 Å². The van der Waals surface area contributed by atoms with E-state index in [1.165, 1.54) is 12.1 Å². The first-order valence-electron chi connectivity index (χ1n) is 15.9. The molecular weight excluding hydrogens is 739 g/mol. The fourth-order valence-corrected chi connectivity index (χ4v) is 5.95. The number of urea groups is 1. The highest BCUT2D eigenvalue weighted by molar-refractivity contribution is 7.16. The molecule has 0 aliphatic carbocycles. The molecule has 2 aromatic heterocycles. The van der Waals surface area contributed by atoms with Crippen molar-refractivity contribution in [2.75, 3.05) is 5.32 Å². The normalized spacial score (nSPS) is 11.7. The van der Waals surface area contributed by atoms with Crippen LogP contribution in [0.5, 0.6) is 5.75 Å². The zero-order chi connectivity index (χ0) is 38.9. The summed E-state index contributed by atoms with van der Waals surface area (Å²) in [4.78, 5) is 49.8. The summed E-state index contributed by atoms with van der Waals surface area (Å²) < 4.78 is 41.0. The van der Waals surface area contributed by atoms with Gasteiger partial charge in [0.1, 0.15) is 36.7 Å². The molecule has 0 spiro atoms. The number of aliphatic carboxylic acids is 1. The number of amides is 3. The van der Waals surface area contributed by atoms with Crippen LogP contribution in [0.3, 0.4) is 0 Å². The second-order valence-corrected chi connectivity index (χ2v) is 13.6. The van der Waals surface area contributed by atoms with Gasteiger partial charge in [0.2, 0.25) is 5.91 Å². The lowest BCUT2D eigenvalue weighted by atomic mass is 10.1. The Hall–Kier alpha value is -5.61. The predicted molar refractivity (Wildman–Crippen MR) is 188 cm³/mol. The zero-order valence-corrected chi connectivity index (χ0v) is 30.1. The van der Waals surface area contributed by atoms with Gasteiger partial charge in [0, 0.05) is 22.0 Å². The summed E-state index contributed by atoms with van der Waals surface area (Å²) in [7, 11) is 0. The minimum atomic E-state index is -5.19. The van der Waals surface area contributed by atoms with Crippen molar-refractivity contribution >= 4 is 57.5 Å². The Bertz CT molecular complexity index is 2050. The van der Waals surface area contributed by atoms with E-state index in [-0.39, 0.29) is 30.7 Å². The molecule has 0 saturated heterocycles. The van der Waals surface area contributed by atoms with E-state index in [0.717, 1.165) is 26.7 Å². The lowest BCUT2D eigenvalue weighted by Crippen LogP contribution is -2.49. The van der Waals surface area contributed by atoms with Crippen LogP contribution in [0.25, 0.3) is 4.96 Å². The Morgan fingerprint density at radius 1 is 0.962 bits per heavy atom. The molecule has 0 unspecified atom stereocenters. The second kappa shape index (κ2) is 17.7. The third kappa shape index (κ3) is 12.0. The van der Waals surface area contributed by atoms with E-state index < -0.39 is 30.2 Å². The van der Waals surface area contributed by atoms with Crippen LogP contribution in [0, 0.1) is 6.92 Å². The molecule has 0 saturated carbocycles. The van der Waals surface area contributed by atoms with Gasteiger partial charge in [-0.25, -0.2) is 14.2 Å². The third-order valence-corrected chi connectivity index (χ3v) is 8.60. The highest BCUT2D eigenvalue weighted by Gasteiger charge is 2.29. The Balaban J connectivity index is 0.000000815. The zero-order valence-electron chi connectivity index (χ0n) is 28.6. The second-order valence-electron chi connectivity index (χ2n) is 11.9. The molecule has 0 fully saturated rings. The number of hydrogen-bond donors (Lipinski definition) is 4. The number of phenolic OH excluding ortho intramolecular Hbond substituents is 1. The number of benzene rings is 3. The van der Waals surface area contributed by atoms with E-state index in [1.807, 2.05) is 48.0 Å². The van der Waals surface area contributed by atoms with E-state index in [1.54, 1.807) is 61.6 Å². The van der Waals surface area contributed by atoms with Crippen molar-refractivity contribution in [3.63, 3.8) is 0 Å². The van der Waals surface area contributed by atoms with Crippen LogP contribution in [-0.4, -0.2) is 51.9 Å². The first-order valence-corrected chi connectivity index (χ1v) is 17.1. The van der Waals surface area contributed by atoms with Crippen molar-refractivity contribution in [2.24, 2.45) is 0 Å². The SMILES string of the molecule is Cc1c[n+]2cc(CNC(=O)[C@H](Cc3ccc(O)cc3)NC(=O)Nc3ccc(C(=O)OC(C)C)cc3)n(Cc3ccc(Cl)cc3)c2s1.O=C([O-])C(F)(F)F. The van der Waals surface area contributed by atoms with Crippen LogP contribution < -0.4 is 25.5 Å². The van der Waals surface area contributed by atoms with Crippen molar-refractivity contribution in [1.29, 1.82) is 0 Å². The highest BCUT2D eigenvalue weighted by Crippen LogP contribution is 2.19. The molecule has 5 aromatic rings. The van der Waals surface area contributed by atoms with Crippen LogP contribution >= 0.6 is 22.9 Å². The largest absolute Gasteiger partial charge is 0.542 e. The number of fused-ring (bicyclic) bond motifs is 1. The van der Waals surface area contributed by atoms with Crippen LogP contribution in [0.2, 0.25) is 5.02 Å². The van der Waals surface area contributed by atoms with Crippen LogP contribution in [-0.2, 0) is 33.8 Å². The molecule has 4 N–H and O–H groups in total. The first-order chi connectivity index (χ1) is 25.0. The number of carboxylic acids is 1. The van der Waals surface area contributed by atoms with E-state index in [4.69, 9.17) is 26.2 Å². The van der Waals surface area contributed by atoms with Crippen LogP contribution in [0.4, 0.5) is 23.7 Å². The Morgan fingerprint density at radius 2 is 1.57 bits per heavy atom. The number of ether oxygens (including phenoxy) is 1. The Labute approximate surface area is 310 Å². The maximum atomic E-state index is 13.6. The number of alkyl halides is 3. The minimum Gasteiger partial charge on any atom is -0.542 e. The molecular formula is C36H35ClF3N5O7S. The average molecular weight is 774 g/mol. The molecule has 280 valence electrons. The number of halogens is 4. The molecule has 0 bridgehead atoms. The van der Waals surface area contributed by atoms with E-state index in [0.29, 0.717) is 22.8 Å². The lowest BCUT2D eigenvalue weighted by Gasteiger charge is -2.19. The van der Waals surface area contributed by atoms with Gasteiger partial charge in [0.25, 0.3) is 0 Å². The smallest absolute Gasteiger partial charge is 0.430 e. The number of aryl methyl sites for hydroxylation is 1. The summed E-state index contributed by atoms with van der Waals surface area (Å²) in [6, 6.07) is 18.9. The number of carboxylic acid groups (broad SMARTS) is 1. The van der Waals surface area contributed by atoms with Gasteiger partial charge in [0.05, 0.1) is 18.2 Å². The fraction of sp³-hybridized carbons (Fsp3) is 0.250. The molecule has 1 atom stereocenters. The number of carbonyl (C=O) groups is 4. The van der Waals surface area contributed by atoms with E-state index >= 15 is 0 Å². The number of nitrogens with one attached hydrogen (secondary N) is 3. The van der Waals surface area contributed by atoms with Crippen molar-refractivity contribution in [1.82, 2.24) is 15.2 Å². The van der Waals surface area contributed by atoms with Gasteiger partial charge >= 0.3 is 23.1 Å². The molecule has 12 nitrogen and oxygen atoms in total. The van der Waals surface area contributed by atoms with E-state index in [9.17, 15) is 32.7 Å². The molecule has 3 amide bonds. The number of phenols is 1. The van der Waals surface area contributed by atoms with Gasteiger partial charge < -0.3 is 35.7 Å². The topological polar surface area (TPSA) is 166 Å². The monoisotopic (exact) mass is 773 g/mol. The summed E-state index contributed by atoms with van der Waals surface area (Å²) in [6.45, 7) is 6.40. The molecule has 53 heavy (non-hydrogen) atoms. The quantitative estimate of drug-likeness (QED) is 0.109. The number of aromatic hydroxyl groups is 1. The summed E-state index contributed by atoms with van der Waals surface area (Å²) in [5.41, 5.74) is 3.50. The van der Waals surface area contributed by atoms with Gasteiger partial charge in [-0.3, -0.25) is 4.79 Å². The number of carbonyl (C=O) groups excluding carboxylic acids is 4. The number of anilines is 1. The van der Waals surface area contributed by atoms with Gasteiger partial charge in [0.15, 0.2) is 5.69 Å². The summed E-state index contributed by atoms with van der Waals surface area (Å²) in [6.07, 6.45) is -1.22. The molecule has 0 aliphatic rings. The molecule has 17 heteroatoms. The maximum absolute atomic E-state index is 13.6. The minimum absolute atomic E-state index is 0.102. The number of hydrogen-bond acceptors (Lipinski definition) is 8. The van der Waals surface area contributed by atoms with Gasteiger partial charge in [-0.15, -0.1) is 0 Å². The van der Waals surface area contributed by atoms with Gasteiger partial charge in [-0.2, -0.15) is 17.6 Å². The van der Waals surface area contributed by atoms with Gasteiger partial charge in [-0.1, -0.05) is 47.2 Å². The molecule has 0 radical (unpaired) electrons. The molecule has 0 aliphatic heterocycles.